The Morgan fingerprint density at radius 1 is 0.704 bits per heavy atom. The molecular weight excluding hydrogens is 336 g/mol. The van der Waals surface area contributed by atoms with Crippen molar-refractivity contribution >= 4 is 5.97 Å². The molecule has 0 bridgehead atoms. The second-order valence-corrected chi connectivity index (χ2v) is 8.68. The van der Waals surface area contributed by atoms with E-state index in [9.17, 15) is 9.90 Å². The maximum atomic E-state index is 11.9. The number of hydrogen-bond donors (Lipinski definition) is 1. The fourth-order valence-corrected chi connectivity index (χ4v) is 4.11. The van der Waals surface area contributed by atoms with Gasteiger partial charge in [-0.05, 0) is 19.3 Å². The highest BCUT2D eigenvalue weighted by molar-refractivity contribution is 5.69. The van der Waals surface area contributed by atoms with E-state index < -0.39 is 5.79 Å². The van der Waals surface area contributed by atoms with E-state index in [1.54, 1.807) is 0 Å². The Balaban J connectivity index is 1.79. The van der Waals surface area contributed by atoms with Crippen LogP contribution in [0.25, 0.3) is 0 Å². The molecule has 0 unspecified atom stereocenters. The number of carbonyl (C=O) groups is 1. The molecule has 0 aliphatic heterocycles. The lowest BCUT2D eigenvalue weighted by molar-refractivity contribution is -0.220. The Morgan fingerprint density at radius 2 is 1.11 bits per heavy atom. The zero-order valence-electron chi connectivity index (χ0n) is 18.1. The fraction of sp³-hybridized carbons (Fsp3) is 0.958. The molecule has 160 valence electrons. The average Bonchev–Trinajstić information content (AvgIpc) is 2.65. The molecule has 1 saturated carbocycles. The molecule has 1 aliphatic rings. The molecule has 3 nitrogen and oxygen atoms in total. The van der Waals surface area contributed by atoms with Gasteiger partial charge in [-0.1, -0.05) is 103 Å². The fourth-order valence-electron chi connectivity index (χ4n) is 4.11. The standard InChI is InChI=1S/C24H46O3/c1-2-3-4-5-6-7-8-9-10-11-12-13-14-15-17-20-23(25)27-24(26)21-18-16-19-22-24/h26H,2-22H2,1H3. The van der Waals surface area contributed by atoms with Gasteiger partial charge in [-0.2, -0.15) is 0 Å². The third kappa shape index (κ3) is 14.1. The first-order valence-electron chi connectivity index (χ1n) is 12.1. The van der Waals surface area contributed by atoms with E-state index in [2.05, 4.69) is 6.92 Å². The van der Waals surface area contributed by atoms with E-state index in [1.807, 2.05) is 0 Å². The van der Waals surface area contributed by atoms with Crippen LogP contribution in [0, 0.1) is 0 Å². The Labute approximate surface area is 168 Å². The first-order chi connectivity index (χ1) is 13.2. The Hall–Kier alpha value is -0.570. The van der Waals surface area contributed by atoms with Crippen molar-refractivity contribution in [1.29, 1.82) is 0 Å². The molecule has 0 aromatic heterocycles. The van der Waals surface area contributed by atoms with Gasteiger partial charge in [0.25, 0.3) is 0 Å². The molecular formula is C24H46O3. The van der Waals surface area contributed by atoms with Crippen LogP contribution in [0.2, 0.25) is 0 Å². The van der Waals surface area contributed by atoms with Gasteiger partial charge >= 0.3 is 5.97 Å². The molecule has 1 rings (SSSR count). The van der Waals surface area contributed by atoms with Crippen molar-refractivity contribution in [2.45, 2.75) is 148 Å². The van der Waals surface area contributed by atoms with Crippen LogP contribution >= 0.6 is 0 Å². The zero-order chi connectivity index (χ0) is 19.6. The largest absolute Gasteiger partial charge is 0.433 e. The topological polar surface area (TPSA) is 46.5 Å². The van der Waals surface area contributed by atoms with Crippen LogP contribution in [-0.4, -0.2) is 16.9 Å². The molecule has 0 spiro atoms. The first kappa shape index (κ1) is 24.5. The van der Waals surface area contributed by atoms with Crippen LogP contribution in [0.4, 0.5) is 0 Å². The lowest BCUT2D eigenvalue weighted by Crippen LogP contribution is -2.36. The summed E-state index contributed by atoms with van der Waals surface area (Å²) in [4.78, 5) is 11.9. The van der Waals surface area contributed by atoms with E-state index in [0.717, 1.165) is 32.1 Å². The average molecular weight is 383 g/mol. The molecule has 0 atom stereocenters. The third-order valence-corrected chi connectivity index (χ3v) is 5.92. The van der Waals surface area contributed by atoms with Gasteiger partial charge in [0.1, 0.15) is 0 Å². The maximum absolute atomic E-state index is 11.9. The summed E-state index contributed by atoms with van der Waals surface area (Å²) in [7, 11) is 0. The smallest absolute Gasteiger partial charge is 0.308 e. The molecule has 0 amide bonds. The summed E-state index contributed by atoms with van der Waals surface area (Å²) in [5.74, 6) is -1.38. The van der Waals surface area contributed by atoms with Gasteiger partial charge in [0.15, 0.2) is 0 Å². The van der Waals surface area contributed by atoms with E-state index in [0.29, 0.717) is 19.3 Å². The summed E-state index contributed by atoms with van der Waals surface area (Å²) in [6.45, 7) is 2.28. The number of unbranched alkanes of at least 4 members (excludes halogenated alkanes) is 14. The summed E-state index contributed by atoms with van der Waals surface area (Å²) in [5, 5.41) is 10.2. The molecule has 0 saturated heterocycles. The van der Waals surface area contributed by atoms with Crippen molar-refractivity contribution in [2.75, 3.05) is 0 Å². The van der Waals surface area contributed by atoms with Crippen LogP contribution in [0.3, 0.4) is 0 Å². The van der Waals surface area contributed by atoms with Crippen LogP contribution < -0.4 is 0 Å². The molecule has 3 heteroatoms. The van der Waals surface area contributed by atoms with Crippen molar-refractivity contribution in [3.05, 3.63) is 0 Å². The summed E-state index contributed by atoms with van der Waals surface area (Å²) < 4.78 is 5.31. The van der Waals surface area contributed by atoms with E-state index in [-0.39, 0.29) is 5.97 Å². The quantitative estimate of drug-likeness (QED) is 0.161. The highest BCUT2D eigenvalue weighted by Crippen LogP contribution is 2.29. The van der Waals surface area contributed by atoms with Crippen LogP contribution in [0.15, 0.2) is 0 Å². The second-order valence-electron chi connectivity index (χ2n) is 8.68. The van der Waals surface area contributed by atoms with Crippen LogP contribution in [-0.2, 0) is 9.53 Å². The van der Waals surface area contributed by atoms with E-state index >= 15 is 0 Å². The summed E-state index contributed by atoms with van der Waals surface area (Å²) >= 11 is 0. The van der Waals surface area contributed by atoms with Gasteiger partial charge in [0.05, 0.1) is 0 Å². The van der Waals surface area contributed by atoms with E-state index in [1.165, 1.54) is 83.5 Å². The van der Waals surface area contributed by atoms with Gasteiger partial charge in [-0.25, -0.2) is 0 Å². The van der Waals surface area contributed by atoms with Crippen LogP contribution in [0.5, 0.6) is 0 Å². The Kier molecular flexibility index (Phi) is 14.9. The predicted octanol–water partition coefficient (Wildman–Crippen LogP) is 7.44. The summed E-state index contributed by atoms with van der Waals surface area (Å²) in [5.41, 5.74) is 0. The molecule has 0 heterocycles. The van der Waals surface area contributed by atoms with Crippen LogP contribution in [0.1, 0.15) is 142 Å². The highest BCUT2D eigenvalue weighted by atomic mass is 16.7. The zero-order valence-corrected chi connectivity index (χ0v) is 18.1. The third-order valence-electron chi connectivity index (χ3n) is 5.92. The van der Waals surface area contributed by atoms with E-state index in [4.69, 9.17) is 4.74 Å². The molecule has 1 fully saturated rings. The van der Waals surface area contributed by atoms with Crippen molar-refractivity contribution in [3.63, 3.8) is 0 Å². The molecule has 1 N–H and O–H groups in total. The normalized spacial score (nSPS) is 16.4. The molecule has 1 aliphatic carbocycles. The van der Waals surface area contributed by atoms with Gasteiger partial charge in [0.2, 0.25) is 5.79 Å². The van der Waals surface area contributed by atoms with Crippen molar-refractivity contribution in [2.24, 2.45) is 0 Å². The maximum Gasteiger partial charge on any atom is 0.308 e. The molecule has 0 radical (unpaired) electrons. The SMILES string of the molecule is CCCCCCCCCCCCCCCCCC(=O)OC1(O)CCCCC1. The predicted molar refractivity (Wildman–Crippen MR) is 114 cm³/mol. The number of hydrogen-bond acceptors (Lipinski definition) is 3. The van der Waals surface area contributed by atoms with Gasteiger partial charge in [-0.15, -0.1) is 0 Å². The Morgan fingerprint density at radius 3 is 1.56 bits per heavy atom. The molecule has 0 aromatic rings. The minimum absolute atomic E-state index is 0.214. The van der Waals surface area contributed by atoms with Gasteiger partial charge < -0.3 is 9.84 Å². The van der Waals surface area contributed by atoms with Crippen molar-refractivity contribution in [3.8, 4) is 0 Å². The highest BCUT2D eigenvalue weighted by Gasteiger charge is 2.32. The summed E-state index contributed by atoms with van der Waals surface area (Å²) in [6, 6.07) is 0. The molecule has 0 aromatic carbocycles. The molecule has 27 heavy (non-hydrogen) atoms. The van der Waals surface area contributed by atoms with Gasteiger partial charge in [-0.3, -0.25) is 4.79 Å². The lowest BCUT2D eigenvalue weighted by atomic mass is 9.94. The number of esters is 1. The number of rotatable bonds is 17. The monoisotopic (exact) mass is 382 g/mol. The number of carbonyl (C=O) groups excluding carboxylic acids is 1. The number of ether oxygens (including phenoxy) is 1. The number of aliphatic hydroxyl groups is 1. The Bertz CT molecular complexity index is 348. The first-order valence-corrected chi connectivity index (χ1v) is 12.1. The summed E-state index contributed by atoms with van der Waals surface area (Å²) in [6.07, 6.45) is 24.6. The minimum Gasteiger partial charge on any atom is -0.433 e. The van der Waals surface area contributed by atoms with Gasteiger partial charge in [0, 0.05) is 19.3 Å². The lowest BCUT2D eigenvalue weighted by Gasteiger charge is -2.31. The minimum atomic E-state index is -1.16. The van der Waals surface area contributed by atoms with Crippen molar-refractivity contribution in [1.82, 2.24) is 0 Å². The second kappa shape index (κ2) is 16.4. The van der Waals surface area contributed by atoms with Crippen molar-refractivity contribution < 1.29 is 14.6 Å².